The summed E-state index contributed by atoms with van der Waals surface area (Å²) in [5, 5.41) is 7.27. The molecule has 1 aliphatic heterocycles. The largest absolute Gasteiger partial charge is 0.356 e. The topological polar surface area (TPSA) is 84.3 Å². The zero-order chi connectivity index (χ0) is 19.0. The molecule has 1 atom stereocenters. The fraction of sp³-hybridized carbons (Fsp3) is 0.474. The summed E-state index contributed by atoms with van der Waals surface area (Å²) in [5.41, 5.74) is 1.81. The lowest BCUT2D eigenvalue weighted by molar-refractivity contribution is -0.122. The highest BCUT2D eigenvalue weighted by Gasteiger charge is 2.34. The second kappa shape index (κ2) is 7.09. The summed E-state index contributed by atoms with van der Waals surface area (Å²) in [6, 6.07) is 8.37. The van der Waals surface area contributed by atoms with Crippen LogP contribution in [0.5, 0.6) is 0 Å². The number of carbonyl (C=O) groups excluding carboxylic acids is 1. The number of hydrogen-bond donors (Lipinski definition) is 1. The Balaban J connectivity index is 1.53. The van der Waals surface area contributed by atoms with Crippen molar-refractivity contribution in [3.63, 3.8) is 0 Å². The Morgan fingerprint density at radius 3 is 2.67 bits per heavy atom. The maximum Gasteiger partial charge on any atom is 0.243 e. The average molecular weight is 388 g/mol. The lowest BCUT2D eigenvalue weighted by Gasteiger charge is -2.33. The highest BCUT2D eigenvalue weighted by Crippen LogP contribution is 2.29. The highest BCUT2D eigenvalue weighted by atomic mass is 32.2. The Bertz CT molecular complexity index is 932. The fourth-order valence-corrected chi connectivity index (χ4v) is 4.86. The van der Waals surface area contributed by atoms with E-state index in [9.17, 15) is 13.2 Å². The average Bonchev–Trinajstić information content (AvgIpc) is 3.35. The van der Waals surface area contributed by atoms with Crippen molar-refractivity contribution in [2.75, 3.05) is 13.1 Å². The Morgan fingerprint density at radius 1 is 1.22 bits per heavy atom. The number of rotatable bonds is 6. The van der Waals surface area contributed by atoms with Crippen LogP contribution in [0.15, 0.2) is 41.4 Å². The molecule has 2 aliphatic rings. The first-order valence-electron chi connectivity index (χ1n) is 9.29. The van der Waals surface area contributed by atoms with Crippen molar-refractivity contribution in [3.05, 3.63) is 47.8 Å². The lowest BCUT2D eigenvalue weighted by atomic mass is 10.1. The molecule has 1 saturated carbocycles. The molecular formula is C19H24N4O3S. The lowest BCUT2D eigenvalue weighted by Crippen LogP contribution is -2.43. The van der Waals surface area contributed by atoms with Crippen molar-refractivity contribution in [3.8, 4) is 0 Å². The van der Waals surface area contributed by atoms with E-state index in [4.69, 9.17) is 0 Å². The maximum absolute atomic E-state index is 13.1. The summed E-state index contributed by atoms with van der Waals surface area (Å²) >= 11 is 0. The van der Waals surface area contributed by atoms with Crippen LogP contribution in [0, 0.1) is 12.8 Å². The van der Waals surface area contributed by atoms with Gasteiger partial charge in [-0.25, -0.2) is 8.42 Å². The molecule has 144 valence electrons. The molecule has 1 aromatic heterocycles. The van der Waals surface area contributed by atoms with Crippen LogP contribution >= 0.6 is 0 Å². The number of nitrogens with zero attached hydrogens (tertiary/aromatic N) is 3. The van der Waals surface area contributed by atoms with E-state index in [-0.39, 0.29) is 36.4 Å². The molecule has 0 saturated heterocycles. The number of hydrogen-bond acceptors (Lipinski definition) is 4. The van der Waals surface area contributed by atoms with E-state index in [1.165, 1.54) is 17.1 Å². The summed E-state index contributed by atoms with van der Waals surface area (Å²) in [6.07, 6.45) is 4.24. The normalized spacial score (nSPS) is 20.3. The summed E-state index contributed by atoms with van der Waals surface area (Å²) in [4.78, 5) is 12.6. The van der Waals surface area contributed by atoms with E-state index in [0.29, 0.717) is 12.5 Å². The first kappa shape index (κ1) is 18.2. The van der Waals surface area contributed by atoms with Gasteiger partial charge in [-0.3, -0.25) is 9.48 Å². The van der Waals surface area contributed by atoms with Crippen LogP contribution < -0.4 is 5.32 Å². The van der Waals surface area contributed by atoms with Crippen molar-refractivity contribution in [1.29, 1.82) is 0 Å². The van der Waals surface area contributed by atoms with Crippen molar-refractivity contribution in [2.45, 2.75) is 43.7 Å². The molecule has 4 rings (SSSR count). The van der Waals surface area contributed by atoms with Crippen LogP contribution in [-0.4, -0.2) is 41.5 Å². The van der Waals surface area contributed by atoms with E-state index in [2.05, 4.69) is 10.4 Å². The molecule has 0 radical (unpaired) electrons. The monoisotopic (exact) mass is 388 g/mol. The van der Waals surface area contributed by atoms with E-state index >= 15 is 0 Å². The van der Waals surface area contributed by atoms with Gasteiger partial charge in [-0.1, -0.05) is 17.7 Å². The minimum Gasteiger partial charge on any atom is -0.356 e. The van der Waals surface area contributed by atoms with Gasteiger partial charge >= 0.3 is 0 Å². The Morgan fingerprint density at radius 2 is 1.96 bits per heavy atom. The molecule has 1 amide bonds. The van der Waals surface area contributed by atoms with Crippen molar-refractivity contribution >= 4 is 15.9 Å². The SMILES string of the molecule is Cc1ccc(S(=O)(=O)N2Cc3ccnn3[C@H](CC(=O)NCC3CC3)C2)cc1. The van der Waals surface area contributed by atoms with Crippen LogP contribution in [0.1, 0.15) is 36.6 Å². The number of sulfonamides is 1. The van der Waals surface area contributed by atoms with E-state index in [0.717, 1.165) is 11.3 Å². The quantitative estimate of drug-likeness (QED) is 0.819. The molecule has 0 unspecified atom stereocenters. The summed E-state index contributed by atoms with van der Waals surface area (Å²) in [5.74, 6) is 0.557. The fourth-order valence-electron chi connectivity index (χ4n) is 3.41. The third-order valence-electron chi connectivity index (χ3n) is 5.22. The van der Waals surface area contributed by atoms with Crippen molar-refractivity contribution < 1.29 is 13.2 Å². The number of amides is 1. The highest BCUT2D eigenvalue weighted by molar-refractivity contribution is 7.89. The van der Waals surface area contributed by atoms with Gasteiger partial charge in [0.25, 0.3) is 0 Å². The molecular weight excluding hydrogens is 364 g/mol. The molecule has 0 spiro atoms. The van der Waals surface area contributed by atoms with Crippen LogP contribution in [0.3, 0.4) is 0 Å². The molecule has 0 bridgehead atoms. The molecule has 2 heterocycles. The summed E-state index contributed by atoms with van der Waals surface area (Å²) < 4.78 is 29.4. The summed E-state index contributed by atoms with van der Waals surface area (Å²) in [6.45, 7) is 3.13. The predicted molar refractivity (Wildman–Crippen MR) is 100 cm³/mol. The number of fused-ring (bicyclic) bond motifs is 1. The van der Waals surface area contributed by atoms with Gasteiger partial charge in [-0.05, 0) is 43.9 Å². The van der Waals surface area contributed by atoms with Gasteiger partial charge in [0.15, 0.2) is 0 Å². The van der Waals surface area contributed by atoms with Gasteiger partial charge in [-0.15, -0.1) is 0 Å². The van der Waals surface area contributed by atoms with Crippen molar-refractivity contribution in [2.24, 2.45) is 5.92 Å². The zero-order valence-electron chi connectivity index (χ0n) is 15.3. The van der Waals surface area contributed by atoms with Gasteiger partial charge in [-0.2, -0.15) is 9.40 Å². The number of aryl methyl sites for hydroxylation is 1. The molecule has 1 aliphatic carbocycles. The zero-order valence-corrected chi connectivity index (χ0v) is 16.2. The van der Waals surface area contributed by atoms with Crippen LogP contribution in [-0.2, 0) is 21.4 Å². The molecule has 27 heavy (non-hydrogen) atoms. The number of nitrogens with one attached hydrogen (secondary N) is 1. The maximum atomic E-state index is 13.1. The molecule has 8 heteroatoms. The Hall–Kier alpha value is -2.19. The van der Waals surface area contributed by atoms with Crippen molar-refractivity contribution in [1.82, 2.24) is 19.4 Å². The van der Waals surface area contributed by atoms with Gasteiger partial charge in [0.05, 0.1) is 29.6 Å². The van der Waals surface area contributed by atoms with Gasteiger partial charge in [0.2, 0.25) is 15.9 Å². The van der Waals surface area contributed by atoms with E-state index in [1.54, 1.807) is 35.1 Å². The Kier molecular flexibility index (Phi) is 4.77. The third kappa shape index (κ3) is 3.91. The molecule has 2 aromatic rings. The smallest absolute Gasteiger partial charge is 0.243 e. The number of carbonyl (C=O) groups is 1. The predicted octanol–water partition coefficient (Wildman–Crippen LogP) is 1.85. The number of benzene rings is 1. The second-order valence-electron chi connectivity index (χ2n) is 7.48. The van der Waals surface area contributed by atoms with E-state index in [1.807, 2.05) is 13.0 Å². The van der Waals surface area contributed by atoms with Gasteiger partial charge < -0.3 is 5.32 Å². The van der Waals surface area contributed by atoms with Gasteiger partial charge in [0.1, 0.15) is 0 Å². The van der Waals surface area contributed by atoms with E-state index < -0.39 is 10.0 Å². The standard InChI is InChI=1S/C19H24N4O3S/c1-14-2-6-18(7-3-14)27(25,26)22-12-16-8-9-21-23(16)17(13-22)10-19(24)20-11-15-4-5-15/h2-3,6-9,15,17H,4-5,10-13H2,1H3,(H,20,24)/t17-/m1/s1. The summed E-state index contributed by atoms with van der Waals surface area (Å²) in [7, 11) is -3.62. The first-order valence-corrected chi connectivity index (χ1v) is 10.7. The minimum absolute atomic E-state index is 0.0528. The van der Waals surface area contributed by atoms with Crippen LogP contribution in [0.2, 0.25) is 0 Å². The second-order valence-corrected chi connectivity index (χ2v) is 9.42. The Labute approximate surface area is 159 Å². The molecule has 1 fully saturated rings. The van der Waals surface area contributed by atoms with Gasteiger partial charge in [0, 0.05) is 19.3 Å². The van der Waals surface area contributed by atoms with Crippen LogP contribution in [0.25, 0.3) is 0 Å². The molecule has 1 aromatic carbocycles. The molecule has 1 N–H and O–H groups in total. The molecule has 7 nitrogen and oxygen atoms in total. The van der Waals surface area contributed by atoms with Crippen LogP contribution in [0.4, 0.5) is 0 Å². The third-order valence-corrected chi connectivity index (χ3v) is 7.04. The first-order chi connectivity index (χ1) is 12.9. The minimum atomic E-state index is -3.62. The number of aromatic nitrogens is 2.